The second-order valence-corrected chi connectivity index (χ2v) is 7.36. The van der Waals surface area contributed by atoms with Crippen molar-refractivity contribution >= 4 is 11.9 Å². The topological polar surface area (TPSA) is 58.6 Å². The van der Waals surface area contributed by atoms with Crippen LogP contribution in [0.3, 0.4) is 0 Å². The van der Waals surface area contributed by atoms with Gasteiger partial charge in [-0.05, 0) is 47.0 Å². The third kappa shape index (κ3) is 5.30. The van der Waals surface area contributed by atoms with Crippen LogP contribution in [0.25, 0.3) is 0 Å². The summed E-state index contributed by atoms with van der Waals surface area (Å²) in [6.07, 6.45) is 3.96. The second kappa shape index (κ2) is 6.34. The van der Waals surface area contributed by atoms with Crippen molar-refractivity contribution in [3.63, 3.8) is 0 Å². The van der Waals surface area contributed by atoms with Gasteiger partial charge in [0.25, 0.3) is 0 Å². The largest absolute Gasteiger partial charge is 0.460 e. The normalized spacial score (nSPS) is 26.7. The van der Waals surface area contributed by atoms with Gasteiger partial charge in [0.2, 0.25) is 5.91 Å². The van der Waals surface area contributed by atoms with Crippen LogP contribution in [0.15, 0.2) is 0 Å². The van der Waals surface area contributed by atoms with Gasteiger partial charge in [-0.25, -0.2) is 0 Å². The first-order chi connectivity index (χ1) is 9.74. The molecule has 21 heavy (non-hydrogen) atoms. The minimum absolute atomic E-state index is 0.0456. The number of rotatable bonds is 5. The number of likely N-dealkylation sites (tertiary alicyclic amines) is 1. The Kier molecular flexibility index (Phi) is 4.91. The number of amides is 1. The second-order valence-electron chi connectivity index (χ2n) is 7.36. The highest BCUT2D eigenvalue weighted by molar-refractivity contribution is 5.81. The van der Waals surface area contributed by atoms with Crippen molar-refractivity contribution in [3.8, 4) is 0 Å². The maximum absolute atomic E-state index is 11.9. The van der Waals surface area contributed by atoms with Gasteiger partial charge in [-0.1, -0.05) is 0 Å². The molecule has 1 N–H and O–H groups in total. The third-order valence-corrected chi connectivity index (χ3v) is 3.98. The van der Waals surface area contributed by atoms with Crippen molar-refractivity contribution in [1.82, 2.24) is 10.2 Å². The summed E-state index contributed by atoms with van der Waals surface area (Å²) in [6, 6.07) is 1.52. The fourth-order valence-electron chi connectivity index (χ4n) is 2.98. The van der Waals surface area contributed by atoms with E-state index in [9.17, 15) is 9.59 Å². The maximum Gasteiger partial charge on any atom is 0.306 e. The van der Waals surface area contributed by atoms with Crippen LogP contribution in [0.1, 0.15) is 59.8 Å². The average Bonchev–Trinajstić information content (AvgIpc) is 3.10. The number of carbonyl (C=O) groups excluding carboxylic acids is 2. The fraction of sp³-hybridized carbons (Fsp3) is 0.875. The van der Waals surface area contributed by atoms with Crippen LogP contribution in [0.4, 0.5) is 0 Å². The van der Waals surface area contributed by atoms with E-state index in [4.69, 9.17) is 4.74 Å². The van der Waals surface area contributed by atoms with Gasteiger partial charge in [-0.15, -0.1) is 0 Å². The van der Waals surface area contributed by atoms with Crippen LogP contribution < -0.4 is 5.32 Å². The smallest absolute Gasteiger partial charge is 0.306 e. The summed E-state index contributed by atoms with van der Waals surface area (Å²) < 4.78 is 5.20. The molecule has 0 aromatic heterocycles. The molecule has 1 aliphatic heterocycles. The van der Waals surface area contributed by atoms with E-state index in [1.165, 1.54) is 12.8 Å². The number of carbonyl (C=O) groups is 2. The highest BCUT2D eigenvalue weighted by atomic mass is 16.6. The van der Waals surface area contributed by atoms with E-state index in [0.29, 0.717) is 6.04 Å². The quantitative estimate of drug-likeness (QED) is 0.787. The van der Waals surface area contributed by atoms with E-state index >= 15 is 0 Å². The van der Waals surface area contributed by atoms with E-state index in [0.717, 1.165) is 19.0 Å². The molecule has 0 radical (unpaired) electrons. The molecule has 0 spiro atoms. The summed E-state index contributed by atoms with van der Waals surface area (Å²) in [5, 5.41) is 3.05. The lowest BCUT2D eigenvalue weighted by Gasteiger charge is -2.20. The average molecular weight is 296 g/mol. The monoisotopic (exact) mass is 296 g/mol. The summed E-state index contributed by atoms with van der Waals surface area (Å²) in [7, 11) is 0. The molecule has 0 aromatic rings. The predicted molar refractivity (Wildman–Crippen MR) is 80.8 cm³/mol. The summed E-state index contributed by atoms with van der Waals surface area (Å²) in [5.74, 6) is -0.354. The Labute approximate surface area is 127 Å². The molecular weight excluding hydrogens is 268 g/mol. The molecule has 0 bridgehead atoms. The van der Waals surface area contributed by atoms with Gasteiger partial charge < -0.3 is 10.1 Å². The maximum atomic E-state index is 11.9. The van der Waals surface area contributed by atoms with Gasteiger partial charge in [0, 0.05) is 31.1 Å². The Bertz CT molecular complexity index is 399. The van der Waals surface area contributed by atoms with Crippen molar-refractivity contribution in [2.24, 2.45) is 0 Å². The molecule has 0 unspecified atom stereocenters. The lowest BCUT2D eigenvalue weighted by atomic mass is 10.1. The van der Waals surface area contributed by atoms with Gasteiger partial charge in [-0.3, -0.25) is 14.5 Å². The molecule has 2 aliphatic rings. The Morgan fingerprint density at radius 1 is 1.24 bits per heavy atom. The van der Waals surface area contributed by atoms with Gasteiger partial charge in [0.15, 0.2) is 0 Å². The summed E-state index contributed by atoms with van der Waals surface area (Å²) in [6.45, 7) is 8.67. The Balaban J connectivity index is 1.67. The van der Waals surface area contributed by atoms with Gasteiger partial charge >= 0.3 is 5.97 Å². The lowest BCUT2D eigenvalue weighted by molar-refractivity contribution is -0.155. The molecule has 1 amide bonds. The molecule has 1 saturated carbocycles. The van der Waals surface area contributed by atoms with Gasteiger partial charge in [-0.2, -0.15) is 0 Å². The molecule has 0 aromatic carbocycles. The molecular formula is C16H28N2O3. The third-order valence-electron chi connectivity index (χ3n) is 3.98. The first kappa shape index (κ1) is 16.3. The van der Waals surface area contributed by atoms with E-state index in [1.54, 1.807) is 0 Å². The van der Waals surface area contributed by atoms with E-state index in [1.807, 2.05) is 20.8 Å². The van der Waals surface area contributed by atoms with Crippen LogP contribution in [-0.4, -0.2) is 47.0 Å². The van der Waals surface area contributed by atoms with Crippen LogP contribution in [0.5, 0.6) is 0 Å². The number of nitrogens with zero attached hydrogens (tertiary/aromatic N) is 1. The summed E-state index contributed by atoms with van der Waals surface area (Å²) in [4.78, 5) is 26.0. The van der Waals surface area contributed by atoms with Crippen molar-refractivity contribution in [2.45, 2.75) is 83.5 Å². The highest BCUT2D eigenvalue weighted by Crippen LogP contribution is 2.33. The number of ether oxygens (including phenoxy) is 1. The number of hydrogen-bond donors (Lipinski definition) is 1. The molecule has 1 heterocycles. The molecule has 1 aliphatic carbocycles. The Morgan fingerprint density at radius 2 is 1.90 bits per heavy atom. The fourth-order valence-corrected chi connectivity index (χ4v) is 2.98. The summed E-state index contributed by atoms with van der Waals surface area (Å²) in [5.41, 5.74) is -0.487. The van der Waals surface area contributed by atoms with Crippen molar-refractivity contribution in [3.05, 3.63) is 0 Å². The number of esters is 1. The minimum Gasteiger partial charge on any atom is -0.460 e. The zero-order chi connectivity index (χ0) is 15.6. The Hall–Kier alpha value is -1.10. The minimum atomic E-state index is -0.487. The van der Waals surface area contributed by atoms with Gasteiger partial charge in [0.05, 0.1) is 6.42 Å². The standard InChI is InChI=1S/C16H28N2O3/c1-11-9-12(10-18(11)13-5-6-13)17-14(19)7-8-15(20)21-16(2,3)4/h11-13H,5-10H2,1-4H3,(H,17,19)/t11-,12-/m1/s1. The molecule has 2 atom stereocenters. The molecule has 120 valence electrons. The van der Waals surface area contributed by atoms with E-state index in [2.05, 4.69) is 17.1 Å². The van der Waals surface area contributed by atoms with Crippen molar-refractivity contribution < 1.29 is 14.3 Å². The SMILES string of the molecule is C[C@@H]1C[C@@H](NC(=O)CCC(=O)OC(C)(C)C)CN1C1CC1. The van der Waals surface area contributed by atoms with E-state index < -0.39 is 5.60 Å². The van der Waals surface area contributed by atoms with Crippen LogP contribution in [-0.2, 0) is 14.3 Å². The predicted octanol–water partition coefficient (Wildman–Crippen LogP) is 1.85. The Morgan fingerprint density at radius 3 is 2.48 bits per heavy atom. The highest BCUT2D eigenvalue weighted by Gasteiger charge is 2.39. The first-order valence-corrected chi connectivity index (χ1v) is 8.01. The first-order valence-electron chi connectivity index (χ1n) is 8.01. The zero-order valence-electron chi connectivity index (χ0n) is 13.6. The molecule has 2 rings (SSSR count). The van der Waals surface area contributed by atoms with Crippen LogP contribution in [0, 0.1) is 0 Å². The number of nitrogens with one attached hydrogen (secondary N) is 1. The van der Waals surface area contributed by atoms with Crippen molar-refractivity contribution in [1.29, 1.82) is 0 Å². The molecule has 1 saturated heterocycles. The molecule has 5 nitrogen and oxygen atoms in total. The van der Waals surface area contributed by atoms with Crippen LogP contribution in [0.2, 0.25) is 0 Å². The lowest BCUT2D eigenvalue weighted by Crippen LogP contribution is -2.38. The van der Waals surface area contributed by atoms with Crippen molar-refractivity contribution in [2.75, 3.05) is 6.54 Å². The number of hydrogen-bond acceptors (Lipinski definition) is 4. The van der Waals surface area contributed by atoms with E-state index in [-0.39, 0.29) is 30.8 Å². The molecule has 2 fully saturated rings. The van der Waals surface area contributed by atoms with Crippen LogP contribution >= 0.6 is 0 Å². The van der Waals surface area contributed by atoms with Gasteiger partial charge in [0.1, 0.15) is 5.60 Å². The molecule has 5 heteroatoms. The zero-order valence-corrected chi connectivity index (χ0v) is 13.6. The summed E-state index contributed by atoms with van der Waals surface area (Å²) >= 11 is 0.